The molecule has 1 aliphatic rings. The van der Waals surface area contributed by atoms with E-state index in [1.807, 2.05) is 37.2 Å². The summed E-state index contributed by atoms with van der Waals surface area (Å²) >= 11 is 0. The maximum absolute atomic E-state index is 11.5. The van der Waals surface area contributed by atoms with Crippen LogP contribution in [0, 0.1) is 6.92 Å². The van der Waals surface area contributed by atoms with Crippen LogP contribution in [0.3, 0.4) is 0 Å². The Morgan fingerprint density at radius 3 is 2.62 bits per heavy atom. The second-order valence-electron chi connectivity index (χ2n) is 4.42. The van der Waals surface area contributed by atoms with Gasteiger partial charge in [-0.3, -0.25) is 4.79 Å². The molecular weight excluding hydrogens is 202 g/mol. The van der Waals surface area contributed by atoms with Gasteiger partial charge in [0.2, 0.25) is 5.91 Å². The van der Waals surface area contributed by atoms with Gasteiger partial charge < -0.3 is 15.5 Å². The summed E-state index contributed by atoms with van der Waals surface area (Å²) in [6, 6.07) is 5.71. The first kappa shape index (κ1) is 11.0. The number of rotatable bonds is 2. The van der Waals surface area contributed by atoms with Crippen LogP contribution in [0.1, 0.15) is 5.56 Å². The molecule has 16 heavy (non-hydrogen) atoms. The first-order valence-electron chi connectivity index (χ1n) is 5.35. The molecule has 0 aromatic heterocycles. The number of carbonyl (C=O) groups is 1. The predicted octanol–water partition coefficient (Wildman–Crippen LogP) is 0.735. The summed E-state index contributed by atoms with van der Waals surface area (Å²) in [7, 11) is 3.99. The van der Waals surface area contributed by atoms with Crippen molar-refractivity contribution in [1.82, 2.24) is 0 Å². The first-order chi connectivity index (χ1) is 7.50. The second-order valence-corrected chi connectivity index (χ2v) is 4.42. The monoisotopic (exact) mass is 219 g/mol. The Kier molecular flexibility index (Phi) is 2.59. The van der Waals surface area contributed by atoms with Crippen molar-refractivity contribution in [3.8, 4) is 0 Å². The van der Waals surface area contributed by atoms with Crippen molar-refractivity contribution in [2.45, 2.75) is 13.0 Å². The second kappa shape index (κ2) is 3.79. The van der Waals surface area contributed by atoms with Gasteiger partial charge in [0.05, 0.1) is 6.54 Å². The highest BCUT2D eigenvalue weighted by Crippen LogP contribution is 2.28. The van der Waals surface area contributed by atoms with E-state index >= 15 is 0 Å². The lowest BCUT2D eigenvalue weighted by Gasteiger charge is -2.36. The van der Waals surface area contributed by atoms with E-state index in [1.165, 1.54) is 5.56 Å². The molecule has 1 atom stereocenters. The minimum absolute atomic E-state index is 0.00793. The zero-order valence-electron chi connectivity index (χ0n) is 9.90. The number of nitrogens with two attached hydrogens (primary N) is 1. The highest BCUT2D eigenvalue weighted by Gasteiger charge is 2.34. The third kappa shape index (κ3) is 1.65. The third-order valence-electron chi connectivity index (χ3n) is 2.95. The topological polar surface area (TPSA) is 49.6 Å². The summed E-state index contributed by atoms with van der Waals surface area (Å²) in [6.45, 7) is 2.68. The standard InChI is InChI=1S/C12H17N3O/c1-8-4-5-9(6-11(8)14(2)3)15-7-10(13)12(15)16/h4-6,10H,7,13H2,1-3H3. The molecule has 1 unspecified atom stereocenters. The molecule has 0 spiro atoms. The van der Waals surface area contributed by atoms with Gasteiger partial charge in [0, 0.05) is 25.5 Å². The van der Waals surface area contributed by atoms with Gasteiger partial charge in [-0.25, -0.2) is 0 Å². The van der Waals surface area contributed by atoms with Crippen LogP contribution in [0.25, 0.3) is 0 Å². The Labute approximate surface area is 95.6 Å². The number of aryl methyl sites for hydroxylation is 1. The average Bonchev–Trinajstić information content (AvgIpc) is 2.26. The summed E-state index contributed by atoms with van der Waals surface area (Å²) in [4.78, 5) is 15.3. The number of hydrogen-bond acceptors (Lipinski definition) is 3. The van der Waals surface area contributed by atoms with Gasteiger partial charge in [0.1, 0.15) is 6.04 Å². The Morgan fingerprint density at radius 2 is 2.12 bits per heavy atom. The molecule has 0 aliphatic carbocycles. The Balaban J connectivity index is 2.30. The molecular formula is C12H17N3O. The highest BCUT2D eigenvalue weighted by molar-refractivity contribution is 6.04. The largest absolute Gasteiger partial charge is 0.377 e. The minimum atomic E-state index is -0.316. The van der Waals surface area contributed by atoms with Gasteiger partial charge in [-0.05, 0) is 24.6 Å². The summed E-state index contributed by atoms with van der Waals surface area (Å²) in [6.07, 6.45) is 0. The molecule has 86 valence electrons. The van der Waals surface area contributed by atoms with E-state index < -0.39 is 0 Å². The molecule has 1 saturated heterocycles. The smallest absolute Gasteiger partial charge is 0.245 e. The van der Waals surface area contributed by atoms with Crippen LogP contribution in [0.15, 0.2) is 18.2 Å². The van der Waals surface area contributed by atoms with E-state index in [-0.39, 0.29) is 11.9 Å². The van der Waals surface area contributed by atoms with Crippen molar-refractivity contribution in [2.24, 2.45) is 5.73 Å². The molecule has 4 heteroatoms. The van der Waals surface area contributed by atoms with Gasteiger partial charge in [-0.15, -0.1) is 0 Å². The lowest BCUT2D eigenvalue weighted by atomic mass is 10.1. The van der Waals surface area contributed by atoms with Crippen LogP contribution >= 0.6 is 0 Å². The SMILES string of the molecule is Cc1ccc(N2CC(N)C2=O)cc1N(C)C. The van der Waals surface area contributed by atoms with Gasteiger partial charge in [0.15, 0.2) is 0 Å². The molecule has 0 radical (unpaired) electrons. The molecule has 1 amide bonds. The lowest BCUT2D eigenvalue weighted by molar-refractivity contribution is -0.123. The predicted molar refractivity (Wildman–Crippen MR) is 65.8 cm³/mol. The fraction of sp³-hybridized carbons (Fsp3) is 0.417. The molecule has 1 aromatic carbocycles. The van der Waals surface area contributed by atoms with Crippen molar-refractivity contribution in [1.29, 1.82) is 0 Å². The van der Waals surface area contributed by atoms with E-state index in [2.05, 4.69) is 6.92 Å². The highest BCUT2D eigenvalue weighted by atomic mass is 16.2. The van der Waals surface area contributed by atoms with Crippen LogP contribution in [-0.2, 0) is 4.79 Å². The number of β-lactam (4-membered cyclic amide) rings is 1. The zero-order chi connectivity index (χ0) is 11.9. The lowest BCUT2D eigenvalue weighted by Crippen LogP contribution is -2.61. The van der Waals surface area contributed by atoms with E-state index in [1.54, 1.807) is 4.90 Å². The van der Waals surface area contributed by atoms with Crippen molar-refractivity contribution in [3.05, 3.63) is 23.8 Å². The maximum Gasteiger partial charge on any atom is 0.245 e. The number of nitrogens with zero attached hydrogens (tertiary/aromatic N) is 2. The fourth-order valence-electron chi connectivity index (χ4n) is 1.93. The molecule has 4 nitrogen and oxygen atoms in total. The molecule has 1 heterocycles. The van der Waals surface area contributed by atoms with Crippen molar-refractivity contribution in [2.75, 3.05) is 30.4 Å². The summed E-state index contributed by atoms with van der Waals surface area (Å²) in [5.74, 6) is 0.00793. The third-order valence-corrected chi connectivity index (χ3v) is 2.95. The molecule has 1 aromatic rings. The van der Waals surface area contributed by atoms with E-state index in [0.29, 0.717) is 6.54 Å². The van der Waals surface area contributed by atoms with Gasteiger partial charge >= 0.3 is 0 Å². The molecule has 2 rings (SSSR count). The first-order valence-corrected chi connectivity index (χ1v) is 5.35. The van der Waals surface area contributed by atoms with Crippen LogP contribution in [-0.4, -0.2) is 32.6 Å². The van der Waals surface area contributed by atoms with E-state index in [9.17, 15) is 4.79 Å². The Hall–Kier alpha value is -1.55. The molecule has 1 aliphatic heterocycles. The van der Waals surface area contributed by atoms with E-state index in [0.717, 1.165) is 11.4 Å². The van der Waals surface area contributed by atoms with Crippen molar-refractivity contribution < 1.29 is 4.79 Å². The number of anilines is 2. The Morgan fingerprint density at radius 1 is 1.44 bits per heavy atom. The maximum atomic E-state index is 11.5. The number of benzene rings is 1. The average molecular weight is 219 g/mol. The molecule has 1 fully saturated rings. The quantitative estimate of drug-likeness (QED) is 0.746. The van der Waals surface area contributed by atoms with Crippen LogP contribution < -0.4 is 15.5 Å². The van der Waals surface area contributed by atoms with Gasteiger partial charge in [-0.1, -0.05) is 6.07 Å². The minimum Gasteiger partial charge on any atom is -0.377 e. The zero-order valence-corrected chi connectivity index (χ0v) is 9.90. The summed E-state index contributed by atoms with van der Waals surface area (Å²) in [5, 5.41) is 0. The van der Waals surface area contributed by atoms with Crippen LogP contribution in [0.5, 0.6) is 0 Å². The summed E-state index contributed by atoms with van der Waals surface area (Å²) < 4.78 is 0. The van der Waals surface area contributed by atoms with Gasteiger partial charge in [-0.2, -0.15) is 0 Å². The van der Waals surface area contributed by atoms with Gasteiger partial charge in [0.25, 0.3) is 0 Å². The Bertz CT molecular complexity index is 428. The summed E-state index contributed by atoms with van der Waals surface area (Å²) in [5.41, 5.74) is 8.84. The molecule has 0 bridgehead atoms. The van der Waals surface area contributed by atoms with E-state index in [4.69, 9.17) is 5.73 Å². The van der Waals surface area contributed by atoms with Crippen LogP contribution in [0.2, 0.25) is 0 Å². The van der Waals surface area contributed by atoms with Crippen LogP contribution in [0.4, 0.5) is 11.4 Å². The normalized spacial score (nSPS) is 19.6. The number of hydrogen-bond donors (Lipinski definition) is 1. The fourth-order valence-corrected chi connectivity index (χ4v) is 1.93. The number of amides is 1. The van der Waals surface area contributed by atoms with Crippen molar-refractivity contribution >= 4 is 17.3 Å². The molecule has 2 N–H and O–H groups in total. The molecule has 0 saturated carbocycles. The number of carbonyl (C=O) groups excluding carboxylic acids is 1. The van der Waals surface area contributed by atoms with Crippen molar-refractivity contribution in [3.63, 3.8) is 0 Å².